The van der Waals surface area contributed by atoms with Gasteiger partial charge in [-0.25, -0.2) is 9.37 Å². The van der Waals surface area contributed by atoms with Gasteiger partial charge < -0.3 is 15.0 Å². The average molecular weight is 331 g/mol. The lowest BCUT2D eigenvalue weighted by Gasteiger charge is -2.29. The van der Waals surface area contributed by atoms with E-state index in [1.165, 1.54) is 25.4 Å². The van der Waals surface area contributed by atoms with Gasteiger partial charge in [-0.1, -0.05) is 0 Å². The minimum Gasteiger partial charge on any atom is -0.374 e. The van der Waals surface area contributed by atoms with Crippen LogP contribution in [-0.4, -0.2) is 26.7 Å². The summed E-state index contributed by atoms with van der Waals surface area (Å²) in [6.45, 7) is 0. The highest BCUT2D eigenvalue weighted by Gasteiger charge is 2.58. The zero-order valence-electron chi connectivity index (χ0n) is 11.9. The number of carbonyl (C=O) groups excluding carboxylic acids is 1. The Hall–Kier alpha value is -2.42. The van der Waals surface area contributed by atoms with E-state index >= 15 is 0 Å². The first-order valence-corrected chi connectivity index (χ1v) is 6.46. The molecule has 5 nitrogen and oxygen atoms in total. The van der Waals surface area contributed by atoms with Gasteiger partial charge in [-0.05, 0) is 24.3 Å². The number of hydrogen-bond acceptors (Lipinski definition) is 3. The molecule has 0 saturated heterocycles. The van der Waals surface area contributed by atoms with Crippen LogP contribution in [-0.2, 0) is 17.4 Å². The molecule has 2 rings (SSSR count). The van der Waals surface area contributed by atoms with Crippen molar-refractivity contribution in [1.29, 1.82) is 0 Å². The number of aryl methyl sites for hydroxylation is 1. The summed E-state index contributed by atoms with van der Waals surface area (Å²) < 4.78 is 53.6. The minimum atomic E-state index is -5.10. The number of aliphatic hydroxyl groups is 1. The van der Waals surface area contributed by atoms with Crippen LogP contribution >= 0.6 is 0 Å². The van der Waals surface area contributed by atoms with Crippen LogP contribution in [0.2, 0.25) is 0 Å². The van der Waals surface area contributed by atoms with Crippen LogP contribution in [0.5, 0.6) is 0 Å². The zero-order chi connectivity index (χ0) is 17.3. The van der Waals surface area contributed by atoms with E-state index < -0.39 is 35.7 Å². The number of alkyl halides is 3. The monoisotopic (exact) mass is 331 g/mol. The fourth-order valence-electron chi connectivity index (χ4n) is 2.04. The summed E-state index contributed by atoms with van der Waals surface area (Å²) >= 11 is 0. The molecule has 0 bridgehead atoms. The van der Waals surface area contributed by atoms with Crippen LogP contribution in [0.3, 0.4) is 0 Å². The maximum atomic E-state index is 13.3. The molecule has 0 aliphatic carbocycles. The van der Waals surface area contributed by atoms with Crippen molar-refractivity contribution in [3.63, 3.8) is 0 Å². The van der Waals surface area contributed by atoms with Gasteiger partial charge in [-0.3, -0.25) is 4.79 Å². The van der Waals surface area contributed by atoms with Gasteiger partial charge in [-0.2, -0.15) is 13.2 Å². The number of anilines is 1. The lowest BCUT2D eigenvalue weighted by molar-refractivity contribution is -0.270. The molecule has 2 aromatic rings. The van der Waals surface area contributed by atoms with Crippen LogP contribution < -0.4 is 5.32 Å². The van der Waals surface area contributed by atoms with Crippen molar-refractivity contribution in [1.82, 2.24) is 9.55 Å². The highest BCUT2D eigenvalue weighted by atomic mass is 19.4. The van der Waals surface area contributed by atoms with Gasteiger partial charge in [0.05, 0.1) is 6.42 Å². The van der Waals surface area contributed by atoms with Crippen molar-refractivity contribution < 1.29 is 27.5 Å². The number of imidazole rings is 1. The molecule has 1 amide bonds. The summed E-state index contributed by atoms with van der Waals surface area (Å²) in [5.41, 5.74) is -3.32. The molecule has 1 atom stereocenters. The van der Waals surface area contributed by atoms with Crippen molar-refractivity contribution >= 4 is 11.6 Å². The Morgan fingerprint density at radius 3 is 2.39 bits per heavy atom. The van der Waals surface area contributed by atoms with Gasteiger partial charge in [0.1, 0.15) is 5.82 Å². The first kappa shape index (κ1) is 16.9. The molecule has 2 N–H and O–H groups in total. The van der Waals surface area contributed by atoms with Crippen LogP contribution in [0, 0.1) is 5.82 Å². The number of nitrogens with one attached hydrogen (secondary N) is 1. The summed E-state index contributed by atoms with van der Waals surface area (Å²) in [6.07, 6.45) is -4.07. The Morgan fingerprint density at radius 1 is 1.30 bits per heavy atom. The summed E-state index contributed by atoms with van der Waals surface area (Å²) in [5.74, 6) is -2.33. The third-order valence-electron chi connectivity index (χ3n) is 3.20. The Balaban J connectivity index is 2.23. The molecule has 0 unspecified atom stereocenters. The van der Waals surface area contributed by atoms with Crippen molar-refractivity contribution in [2.24, 2.45) is 7.05 Å². The van der Waals surface area contributed by atoms with Crippen LogP contribution in [0.25, 0.3) is 0 Å². The number of nitrogens with zero attached hydrogens (tertiary/aromatic N) is 2. The second kappa shape index (κ2) is 5.99. The van der Waals surface area contributed by atoms with Crippen LogP contribution in [0.1, 0.15) is 12.2 Å². The number of rotatable bonds is 4. The molecular formula is C14H13F4N3O2. The number of carbonyl (C=O) groups is 1. The molecule has 23 heavy (non-hydrogen) atoms. The topological polar surface area (TPSA) is 67.1 Å². The van der Waals surface area contributed by atoms with Crippen LogP contribution in [0.15, 0.2) is 36.7 Å². The van der Waals surface area contributed by atoms with Gasteiger partial charge in [0.2, 0.25) is 11.5 Å². The van der Waals surface area contributed by atoms with Crippen molar-refractivity contribution in [2.75, 3.05) is 5.32 Å². The number of halogens is 4. The van der Waals surface area contributed by atoms with Gasteiger partial charge in [0.25, 0.3) is 0 Å². The van der Waals surface area contributed by atoms with E-state index in [9.17, 15) is 27.5 Å². The number of benzene rings is 1. The first-order chi connectivity index (χ1) is 10.6. The lowest BCUT2D eigenvalue weighted by Crippen LogP contribution is -2.46. The molecule has 1 aromatic carbocycles. The number of hydrogen-bond donors (Lipinski definition) is 2. The van der Waals surface area contributed by atoms with E-state index in [0.717, 1.165) is 22.9 Å². The number of amides is 1. The fourth-order valence-corrected chi connectivity index (χ4v) is 2.04. The van der Waals surface area contributed by atoms with E-state index in [1.807, 2.05) is 0 Å². The Morgan fingerprint density at radius 2 is 1.91 bits per heavy atom. The molecule has 0 spiro atoms. The fraction of sp³-hybridized carbons (Fsp3) is 0.286. The number of aromatic nitrogens is 2. The highest BCUT2D eigenvalue weighted by Crippen LogP contribution is 2.40. The summed E-state index contributed by atoms with van der Waals surface area (Å²) in [7, 11) is 1.27. The van der Waals surface area contributed by atoms with Gasteiger partial charge in [-0.15, -0.1) is 0 Å². The second-order valence-electron chi connectivity index (χ2n) is 4.95. The van der Waals surface area contributed by atoms with Crippen LogP contribution in [0.4, 0.5) is 23.2 Å². The third kappa shape index (κ3) is 3.50. The first-order valence-electron chi connectivity index (χ1n) is 6.46. The second-order valence-corrected chi connectivity index (χ2v) is 4.95. The Bertz CT molecular complexity index is 697. The van der Waals surface area contributed by atoms with Crippen molar-refractivity contribution in [3.05, 3.63) is 48.3 Å². The average Bonchev–Trinajstić information content (AvgIpc) is 2.86. The molecule has 1 aromatic heterocycles. The molecule has 0 aliphatic heterocycles. The predicted octanol–water partition coefficient (Wildman–Crippen LogP) is 2.34. The molecule has 9 heteroatoms. The van der Waals surface area contributed by atoms with E-state index in [-0.39, 0.29) is 5.69 Å². The van der Waals surface area contributed by atoms with E-state index in [4.69, 9.17) is 0 Å². The normalized spacial score (nSPS) is 14.3. The van der Waals surface area contributed by atoms with E-state index in [1.54, 1.807) is 0 Å². The SMILES string of the molecule is Cn1ccnc1[C@](O)(CC(=O)Nc1ccc(F)cc1)C(F)(F)F. The molecular weight excluding hydrogens is 318 g/mol. The van der Waals surface area contributed by atoms with E-state index in [0.29, 0.717) is 0 Å². The standard InChI is InChI=1S/C14H13F4N3O2/c1-21-7-6-19-12(21)13(23,14(16,17)18)8-11(22)20-10-4-2-9(15)3-5-10/h2-7,23H,8H2,1H3,(H,20,22)/t13-/m1/s1. The van der Waals surface area contributed by atoms with E-state index in [2.05, 4.69) is 10.3 Å². The highest BCUT2D eigenvalue weighted by molar-refractivity contribution is 5.91. The molecule has 124 valence electrons. The quantitative estimate of drug-likeness (QED) is 0.845. The maximum absolute atomic E-state index is 13.3. The van der Waals surface area contributed by atoms with Gasteiger partial charge in [0.15, 0.2) is 5.82 Å². The Labute approximate surface area is 128 Å². The van der Waals surface area contributed by atoms with Crippen molar-refractivity contribution in [2.45, 2.75) is 18.2 Å². The molecule has 0 aliphatic rings. The molecule has 0 fully saturated rings. The smallest absolute Gasteiger partial charge is 0.374 e. The maximum Gasteiger partial charge on any atom is 0.425 e. The summed E-state index contributed by atoms with van der Waals surface area (Å²) in [6, 6.07) is 4.48. The molecule has 1 heterocycles. The summed E-state index contributed by atoms with van der Waals surface area (Å²) in [5, 5.41) is 12.2. The minimum absolute atomic E-state index is 0.112. The lowest BCUT2D eigenvalue weighted by atomic mass is 9.97. The predicted molar refractivity (Wildman–Crippen MR) is 72.8 cm³/mol. The third-order valence-corrected chi connectivity index (χ3v) is 3.20. The largest absolute Gasteiger partial charge is 0.425 e. The Kier molecular flexibility index (Phi) is 4.42. The van der Waals surface area contributed by atoms with Gasteiger partial charge >= 0.3 is 6.18 Å². The zero-order valence-corrected chi connectivity index (χ0v) is 11.9. The molecule has 0 saturated carbocycles. The summed E-state index contributed by atoms with van der Waals surface area (Å²) in [4.78, 5) is 15.4. The molecule has 0 radical (unpaired) electrons. The van der Waals surface area contributed by atoms with Gasteiger partial charge in [0, 0.05) is 25.1 Å². The van der Waals surface area contributed by atoms with Crippen molar-refractivity contribution in [3.8, 4) is 0 Å².